The van der Waals surface area contributed by atoms with Gasteiger partial charge < -0.3 is 11.1 Å². The Morgan fingerprint density at radius 2 is 1.88 bits per heavy atom. The van der Waals surface area contributed by atoms with Crippen molar-refractivity contribution in [2.45, 2.75) is 39.2 Å². The Hall–Kier alpha value is -0.570. The molecule has 96 valence electrons. The molecule has 3 saturated carbocycles. The second kappa shape index (κ2) is 3.98. The van der Waals surface area contributed by atoms with Crippen molar-refractivity contribution in [3.8, 4) is 0 Å². The molecule has 0 saturated heterocycles. The number of nitrogens with two attached hydrogens (primary N) is 1. The number of hydrogen-bond acceptors (Lipinski definition) is 2. The highest BCUT2D eigenvalue weighted by molar-refractivity contribution is 5.83. The molecule has 0 aromatic carbocycles. The molecule has 0 aromatic rings. The number of nitrogens with one attached hydrogen (secondary N) is 1. The van der Waals surface area contributed by atoms with E-state index in [0.29, 0.717) is 24.3 Å². The summed E-state index contributed by atoms with van der Waals surface area (Å²) in [5.74, 6) is 4.28. The lowest BCUT2D eigenvalue weighted by atomic mass is 10.0. The minimum absolute atomic E-state index is 0.214. The first-order valence-electron chi connectivity index (χ1n) is 7.14. The van der Waals surface area contributed by atoms with Crippen molar-refractivity contribution in [1.29, 1.82) is 0 Å². The number of amides is 1. The molecule has 0 aromatic heterocycles. The molecular weight excluding hydrogens is 212 g/mol. The predicted molar refractivity (Wildman–Crippen MR) is 67.1 cm³/mol. The number of carbonyl (C=O) groups is 1. The summed E-state index contributed by atoms with van der Waals surface area (Å²) in [5.41, 5.74) is 5.64. The van der Waals surface area contributed by atoms with Crippen molar-refractivity contribution >= 4 is 5.91 Å². The van der Waals surface area contributed by atoms with Gasteiger partial charge in [-0.2, -0.15) is 0 Å². The molecule has 3 N–H and O–H groups in total. The summed E-state index contributed by atoms with van der Waals surface area (Å²) in [6.45, 7) is 4.81. The first-order valence-corrected chi connectivity index (χ1v) is 7.14. The summed E-state index contributed by atoms with van der Waals surface area (Å²) in [5, 5.41) is 3.17. The largest absolute Gasteiger partial charge is 0.353 e. The molecule has 17 heavy (non-hydrogen) atoms. The maximum absolute atomic E-state index is 12.2. The summed E-state index contributed by atoms with van der Waals surface area (Å²) in [4.78, 5) is 12.2. The zero-order valence-electron chi connectivity index (χ0n) is 10.9. The van der Waals surface area contributed by atoms with Crippen molar-refractivity contribution in [1.82, 2.24) is 5.32 Å². The van der Waals surface area contributed by atoms with Crippen LogP contribution in [0.5, 0.6) is 0 Å². The van der Waals surface area contributed by atoms with Crippen molar-refractivity contribution in [2.24, 2.45) is 41.2 Å². The van der Waals surface area contributed by atoms with Crippen LogP contribution in [0.3, 0.4) is 0 Å². The fourth-order valence-corrected chi connectivity index (χ4v) is 4.34. The molecule has 1 amide bonds. The third-order valence-electron chi connectivity index (χ3n) is 5.63. The molecule has 0 radical (unpaired) electrons. The monoisotopic (exact) mass is 236 g/mol. The summed E-state index contributed by atoms with van der Waals surface area (Å²) in [7, 11) is 0. The highest BCUT2D eigenvalue weighted by atomic mass is 16.2. The third kappa shape index (κ3) is 1.70. The predicted octanol–water partition coefficient (Wildman–Crippen LogP) is 1.38. The molecule has 3 nitrogen and oxygen atoms in total. The Labute approximate surface area is 104 Å². The van der Waals surface area contributed by atoms with E-state index in [1.165, 1.54) is 19.3 Å². The molecule has 3 rings (SSSR count). The van der Waals surface area contributed by atoms with Crippen LogP contribution in [0.15, 0.2) is 0 Å². The molecule has 0 spiro atoms. The lowest BCUT2D eigenvalue weighted by molar-refractivity contribution is -0.124. The SMILES string of the molecule is CC(CN)C(C)NC(=O)C1C2C3CCC(C3)C12. The van der Waals surface area contributed by atoms with Crippen LogP contribution in [0.25, 0.3) is 0 Å². The standard InChI is InChI=1S/C14H24N2O/c1-7(6-15)8(2)16-14(17)13-11-9-3-4-10(5-9)12(11)13/h7-13H,3-6,15H2,1-2H3,(H,16,17). The van der Waals surface area contributed by atoms with Crippen LogP contribution in [-0.4, -0.2) is 18.5 Å². The molecule has 2 bridgehead atoms. The van der Waals surface area contributed by atoms with Crippen molar-refractivity contribution in [3.05, 3.63) is 0 Å². The van der Waals surface area contributed by atoms with Gasteiger partial charge in [-0.15, -0.1) is 0 Å². The lowest BCUT2D eigenvalue weighted by Crippen LogP contribution is -2.41. The Bertz CT molecular complexity index is 314. The minimum Gasteiger partial charge on any atom is -0.353 e. The zero-order chi connectivity index (χ0) is 12.2. The quantitative estimate of drug-likeness (QED) is 0.775. The highest BCUT2D eigenvalue weighted by Gasteiger charge is 2.67. The number of fused-ring (bicyclic) bond motifs is 5. The molecule has 3 fully saturated rings. The fourth-order valence-electron chi connectivity index (χ4n) is 4.34. The van der Waals surface area contributed by atoms with E-state index in [1.54, 1.807) is 0 Å². The first kappa shape index (κ1) is 11.5. The van der Waals surface area contributed by atoms with E-state index in [4.69, 9.17) is 5.73 Å². The Kier molecular flexibility index (Phi) is 2.69. The maximum Gasteiger partial charge on any atom is 0.223 e. The third-order valence-corrected chi connectivity index (χ3v) is 5.63. The van der Waals surface area contributed by atoms with Gasteiger partial charge in [0.2, 0.25) is 5.91 Å². The van der Waals surface area contributed by atoms with Gasteiger partial charge in [0.15, 0.2) is 0 Å². The van der Waals surface area contributed by atoms with E-state index < -0.39 is 0 Å². The topological polar surface area (TPSA) is 55.1 Å². The molecule has 3 aliphatic carbocycles. The average molecular weight is 236 g/mol. The van der Waals surface area contributed by atoms with Gasteiger partial charge in [0, 0.05) is 12.0 Å². The van der Waals surface area contributed by atoms with E-state index in [-0.39, 0.29) is 6.04 Å². The van der Waals surface area contributed by atoms with Crippen molar-refractivity contribution < 1.29 is 4.79 Å². The molecule has 3 heteroatoms. The highest BCUT2D eigenvalue weighted by Crippen LogP contribution is 2.69. The summed E-state index contributed by atoms with van der Waals surface area (Å²) in [6, 6.07) is 0.214. The summed E-state index contributed by atoms with van der Waals surface area (Å²) >= 11 is 0. The average Bonchev–Trinajstić information content (AvgIpc) is 2.78. The second-order valence-corrected chi connectivity index (χ2v) is 6.52. The van der Waals surface area contributed by atoms with Crippen LogP contribution < -0.4 is 11.1 Å². The van der Waals surface area contributed by atoms with Gasteiger partial charge in [0.1, 0.15) is 0 Å². The van der Waals surface area contributed by atoms with Crippen LogP contribution in [0.4, 0.5) is 0 Å². The molecule has 3 aliphatic rings. The fraction of sp³-hybridized carbons (Fsp3) is 0.929. The van der Waals surface area contributed by atoms with Gasteiger partial charge in [-0.25, -0.2) is 0 Å². The lowest BCUT2D eigenvalue weighted by Gasteiger charge is -2.20. The Morgan fingerprint density at radius 1 is 1.29 bits per heavy atom. The van der Waals surface area contributed by atoms with Crippen LogP contribution in [-0.2, 0) is 4.79 Å². The van der Waals surface area contributed by atoms with E-state index in [1.807, 2.05) is 0 Å². The second-order valence-electron chi connectivity index (χ2n) is 6.52. The van der Waals surface area contributed by atoms with Crippen LogP contribution in [0.1, 0.15) is 33.1 Å². The van der Waals surface area contributed by atoms with Gasteiger partial charge in [0.25, 0.3) is 0 Å². The first-order chi connectivity index (χ1) is 8.13. The van der Waals surface area contributed by atoms with Gasteiger partial charge in [0.05, 0.1) is 0 Å². The van der Waals surface area contributed by atoms with Crippen LogP contribution in [0.2, 0.25) is 0 Å². The number of hydrogen-bond donors (Lipinski definition) is 2. The van der Waals surface area contributed by atoms with Crippen molar-refractivity contribution in [2.75, 3.05) is 6.54 Å². The van der Waals surface area contributed by atoms with E-state index >= 15 is 0 Å². The zero-order valence-corrected chi connectivity index (χ0v) is 10.9. The van der Waals surface area contributed by atoms with Crippen LogP contribution in [0, 0.1) is 35.5 Å². The molecule has 6 unspecified atom stereocenters. The van der Waals surface area contributed by atoms with Crippen molar-refractivity contribution in [3.63, 3.8) is 0 Å². The molecular formula is C14H24N2O. The van der Waals surface area contributed by atoms with Gasteiger partial charge in [-0.1, -0.05) is 6.92 Å². The van der Waals surface area contributed by atoms with E-state index in [9.17, 15) is 4.79 Å². The van der Waals surface area contributed by atoms with Gasteiger partial charge in [-0.3, -0.25) is 4.79 Å². The van der Waals surface area contributed by atoms with E-state index in [0.717, 1.165) is 23.7 Å². The number of rotatable bonds is 4. The Morgan fingerprint density at radius 3 is 2.41 bits per heavy atom. The normalized spacial score (nSPS) is 45.2. The summed E-state index contributed by atoms with van der Waals surface area (Å²) < 4.78 is 0. The maximum atomic E-state index is 12.2. The molecule has 0 heterocycles. The smallest absolute Gasteiger partial charge is 0.223 e. The molecule has 0 aliphatic heterocycles. The summed E-state index contributed by atoms with van der Waals surface area (Å²) in [6.07, 6.45) is 4.17. The van der Waals surface area contributed by atoms with Gasteiger partial charge in [-0.05, 0) is 62.3 Å². The molecule has 6 atom stereocenters. The van der Waals surface area contributed by atoms with Gasteiger partial charge >= 0.3 is 0 Å². The minimum atomic E-state index is 0.214. The number of carbonyl (C=O) groups excluding carboxylic acids is 1. The van der Waals surface area contributed by atoms with Crippen LogP contribution >= 0.6 is 0 Å². The van der Waals surface area contributed by atoms with E-state index in [2.05, 4.69) is 19.2 Å². The Balaban J connectivity index is 1.55.